The van der Waals surface area contributed by atoms with Gasteiger partial charge in [0.25, 0.3) is 0 Å². The maximum absolute atomic E-state index is 12.4. The summed E-state index contributed by atoms with van der Waals surface area (Å²) in [7, 11) is 0. The van der Waals surface area contributed by atoms with E-state index in [2.05, 4.69) is 15.5 Å². The minimum absolute atomic E-state index is 0.0918. The molecule has 1 aliphatic rings. The van der Waals surface area contributed by atoms with Gasteiger partial charge in [-0.15, -0.1) is 0 Å². The van der Waals surface area contributed by atoms with E-state index in [-0.39, 0.29) is 11.9 Å². The van der Waals surface area contributed by atoms with Crippen LogP contribution in [-0.2, 0) is 4.79 Å². The minimum atomic E-state index is -0.127. The maximum atomic E-state index is 12.4. The lowest BCUT2D eigenvalue weighted by molar-refractivity contribution is -0.116. The van der Waals surface area contributed by atoms with Crippen LogP contribution in [0.15, 0.2) is 48.5 Å². The third-order valence-electron chi connectivity index (χ3n) is 5.56. The molecule has 2 N–H and O–H groups in total. The predicted octanol–water partition coefficient (Wildman–Crippen LogP) is 5.80. The molecular formula is C25H29Cl3N4O2. The van der Waals surface area contributed by atoms with Crippen LogP contribution >= 0.6 is 34.8 Å². The number of urea groups is 1. The van der Waals surface area contributed by atoms with Crippen molar-refractivity contribution in [3.8, 4) is 0 Å². The van der Waals surface area contributed by atoms with Gasteiger partial charge in [-0.05, 0) is 61.4 Å². The zero-order chi connectivity index (χ0) is 24.3. The van der Waals surface area contributed by atoms with Crippen molar-refractivity contribution in [1.29, 1.82) is 0 Å². The van der Waals surface area contributed by atoms with Crippen molar-refractivity contribution in [3.05, 3.63) is 69.2 Å². The molecule has 6 nitrogen and oxygen atoms in total. The summed E-state index contributed by atoms with van der Waals surface area (Å²) in [5.74, 6) is -0.127. The molecule has 1 aliphatic heterocycles. The van der Waals surface area contributed by atoms with Gasteiger partial charge in [-0.2, -0.15) is 0 Å². The lowest BCUT2D eigenvalue weighted by Crippen LogP contribution is -2.50. The number of nitrogens with one attached hydrogen (secondary N) is 2. The average molecular weight is 524 g/mol. The van der Waals surface area contributed by atoms with Crippen LogP contribution in [0.2, 0.25) is 15.1 Å². The van der Waals surface area contributed by atoms with E-state index in [1.807, 2.05) is 23.1 Å². The smallest absolute Gasteiger partial charge is 0.321 e. The summed E-state index contributed by atoms with van der Waals surface area (Å²) in [6.07, 6.45) is 6.23. The fourth-order valence-electron chi connectivity index (χ4n) is 3.64. The number of unbranched alkanes of at least 4 members (excludes halogenated alkanes) is 2. The van der Waals surface area contributed by atoms with E-state index in [4.69, 9.17) is 34.8 Å². The van der Waals surface area contributed by atoms with E-state index in [1.54, 1.807) is 30.3 Å². The van der Waals surface area contributed by atoms with Crippen LogP contribution < -0.4 is 10.6 Å². The normalized spacial score (nSPS) is 14.4. The number of amides is 3. The van der Waals surface area contributed by atoms with Crippen molar-refractivity contribution in [2.45, 2.75) is 19.3 Å². The Morgan fingerprint density at radius 1 is 0.912 bits per heavy atom. The molecule has 3 amide bonds. The van der Waals surface area contributed by atoms with E-state index in [0.29, 0.717) is 40.4 Å². The zero-order valence-electron chi connectivity index (χ0n) is 18.9. The number of benzene rings is 2. The quantitative estimate of drug-likeness (QED) is 0.323. The van der Waals surface area contributed by atoms with Gasteiger partial charge in [0.05, 0.1) is 10.0 Å². The average Bonchev–Trinajstić information content (AvgIpc) is 2.82. The number of carbonyl (C=O) groups is 2. The molecule has 0 atom stereocenters. The first-order chi connectivity index (χ1) is 16.4. The third kappa shape index (κ3) is 8.84. The molecule has 0 spiro atoms. The Kier molecular flexibility index (Phi) is 10.5. The Morgan fingerprint density at radius 3 is 2.44 bits per heavy atom. The van der Waals surface area contributed by atoms with E-state index < -0.39 is 0 Å². The van der Waals surface area contributed by atoms with E-state index in [9.17, 15) is 9.59 Å². The fourth-order valence-corrected chi connectivity index (χ4v) is 4.14. The second-order valence-electron chi connectivity index (χ2n) is 8.13. The third-order valence-corrected chi connectivity index (χ3v) is 6.53. The summed E-state index contributed by atoms with van der Waals surface area (Å²) in [6.45, 7) is 4.76. The minimum Gasteiger partial charge on any atom is -0.353 e. The topological polar surface area (TPSA) is 64.7 Å². The predicted molar refractivity (Wildman–Crippen MR) is 141 cm³/mol. The molecule has 2 aromatic carbocycles. The lowest BCUT2D eigenvalue weighted by atomic mass is 10.2. The van der Waals surface area contributed by atoms with Gasteiger partial charge >= 0.3 is 6.03 Å². The first-order valence-corrected chi connectivity index (χ1v) is 12.5. The highest BCUT2D eigenvalue weighted by molar-refractivity contribution is 6.42. The number of carbonyl (C=O) groups excluding carboxylic acids is 2. The highest BCUT2D eigenvalue weighted by atomic mass is 35.5. The molecule has 1 heterocycles. The van der Waals surface area contributed by atoms with Crippen LogP contribution in [0, 0.1) is 0 Å². The van der Waals surface area contributed by atoms with Gasteiger partial charge in [-0.3, -0.25) is 9.69 Å². The van der Waals surface area contributed by atoms with Crippen molar-refractivity contribution in [1.82, 2.24) is 15.1 Å². The SMILES string of the molecule is O=C(/C=C/c1ccc(Cl)c(Cl)c1)NCCCCCN1CCN(C(=O)Nc2cccc(Cl)c2)CC1. The Hall–Kier alpha value is -2.25. The number of rotatable bonds is 9. The summed E-state index contributed by atoms with van der Waals surface area (Å²) < 4.78 is 0. The van der Waals surface area contributed by atoms with Crippen molar-refractivity contribution in [2.75, 3.05) is 44.6 Å². The fraction of sp³-hybridized carbons (Fsp3) is 0.360. The van der Waals surface area contributed by atoms with Crippen LogP contribution in [0.1, 0.15) is 24.8 Å². The molecule has 1 saturated heterocycles. The molecule has 34 heavy (non-hydrogen) atoms. The van der Waals surface area contributed by atoms with E-state index in [1.165, 1.54) is 6.08 Å². The number of nitrogens with zero attached hydrogens (tertiary/aromatic N) is 2. The van der Waals surface area contributed by atoms with Crippen molar-refractivity contribution >= 4 is 58.5 Å². The van der Waals surface area contributed by atoms with Crippen molar-refractivity contribution < 1.29 is 9.59 Å². The van der Waals surface area contributed by atoms with Crippen molar-refractivity contribution in [2.24, 2.45) is 0 Å². The molecule has 3 rings (SSSR count). The summed E-state index contributed by atoms with van der Waals surface area (Å²) in [5, 5.41) is 7.35. The number of anilines is 1. The Morgan fingerprint density at radius 2 is 1.71 bits per heavy atom. The van der Waals surface area contributed by atoms with Crippen LogP contribution in [0.25, 0.3) is 6.08 Å². The second-order valence-corrected chi connectivity index (χ2v) is 9.38. The number of halogens is 3. The molecule has 1 fully saturated rings. The van der Waals surface area contributed by atoms with E-state index in [0.717, 1.165) is 44.5 Å². The molecule has 0 bridgehead atoms. The summed E-state index contributed by atoms with van der Waals surface area (Å²) in [4.78, 5) is 28.6. The maximum Gasteiger partial charge on any atom is 0.321 e. The van der Waals surface area contributed by atoms with Gasteiger partial charge in [0.1, 0.15) is 0 Å². The molecule has 9 heteroatoms. The zero-order valence-corrected chi connectivity index (χ0v) is 21.2. The molecule has 182 valence electrons. The second kappa shape index (κ2) is 13.6. The molecular weight excluding hydrogens is 495 g/mol. The van der Waals surface area contributed by atoms with Gasteiger partial charge in [-0.25, -0.2) is 4.79 Å². The van der Waals surface area contributed by atoms with Crippen LogP contribution in [0.4, 0.5) is 10.5 Å². The summed E-state index contributed by atoms with van der Waals surface area (Å²) >= 11 is 17.8. The Balaban J connectivity index is 1.24. The molecule has 0 aromatic heterocycles. The monoisotopic (exact) mass is 522 g/mol. The van der Waals surface area contributed by atoms with Gasteiger partial charge in [0, 0.05) is 49.5 Å². The molecule has 2 aromatic rings. The Labute approximate surface area is 215 Å². The summed E-state index contributed by atoms with van der Waals surface area (Å²) in [6, 6.07) is 12.3. The Bertz CT molecular complexity index is 1010. The molecule has 0 radical (unpaired) electrons. The number of piperazine rings is 1. The van der Waals surface area contributed by atoms with Crippen LogP contribution in [0.5, 0.6) is 0 Å². The van der Waals surface area contributed by atoms with Crippen LogP contribution in [0.3, 0.4) is 0 Å². The van der Waals surface area contributed by atoms with Gasteiger partial charge < -0.3 is 15.5 Å². The van der Waals surface area contributed by atoms with Crippen LogP contribution in [-0.4, -0.2) is 61.0 Å². The number of hydrogen-bond donors (Lipinski definition) is 2. The highest BCUT2D eigenvalue weighted by Crippen LogP contribution is 2.23. The number of hydrogen-bond acceptors (Lipinski definition) is 3. The first-order valence-electron chi connectivity index (χ1n) is 11.4. The highest BCUT2D eigenvalue weighted by Gasteiger charge is 2.20. The molecule has 0 unspecified atom stereocenters. The molecule has 0 saturated carbocycles. The van der Waals surface area contributed by atoms with Gasteiger partial charge in [-0.1, -0.05) is 53.4 Å². The lowest BCUT2D eigenvalue weighted by Gasteiger charge is -2.34. The molecule has 0 aliphatic carbocycles. The van der Waals surface area contributed by atoms with Gasteiger partial charge in [0.15, 0.2) is 0 Å². The first kappa shape index (κ1) is 26.4. The van der Waals surface area contributed by atoms with E-state index >= 15 is 0 Å². The standard InChI is InChI=1S/C25H29Cl3N4O2/c26-20-5-4-6-21(18-20)30-25(34)32-15-13-31(14-16-32)12-3-1-2-11-29-24(33)10-8-19-7-9-22(27)23(28)17-19/h4-10,17-18H,1-3,11-16H2,(H,29,33)(H,30,34)/b10-8+. The van der Waals surface area contributed by atoms with Gasteiger partial charge in [0.2, 0.25) is 5.91 Å². The largest absolute Gasteiger partial charge is 0.353 e. The summed E-state index contributed by atoms with van der Waals surface area (Å²) in [5.41, 5.74) is 1.53. The van der Waals surface area contributed by atoms with Crippen molar-refractivity contribution in [3.63, 3.8) is 0 Å².